The average Bonchev–Trinajstić information content (AvgIpc) is 2.47. The van der Waals surface area contributed by atoms with Crippen molar-refractivity contribution in [2.45, 2.75) is 4.90 Å². The van der Waals surface area contributed by atoms with Crippen LogP contribution in [-0.2, 0) is 0 Å². The smallest absolute Gasteiger partial charge is 0.255 e. The van der Waals surface area contributed by atoms with Crippen LogP contribution in [0, 0.1) is 0 Å². The van der Waals surface area contributed by atoms with Gasteiger partial charge in [0.15, 0.2) is 0 Å². The summed E-state index contributed by atoms with van der Waals surface area (Å²) in [5, 5.41) is 13.5. The Morgan fingerprint density at radius 2 is 1.76 bits per heavy atom. The molecule has 6 heteroatoms. The highest BCUT2D eigenvalue weighted by Gasteiger charge is 2.10. The zero-order valence-corrected chi connectivity index (χ0v) is 13.3. The number of hydrogen-bond acceptors (Lipinski definition) is 3. The second-order valence-electron chi connectivity index (χ2n) is 4.22. The van der Waals surface area contributed by atoms with E-state index >= 15 is 0 Å². The molecule has 0 heterocycles. The van der Waals surface area contributed by atoms with E-state index in [9.17, 15) is 9.90 Å². The van der Waals surface area contributed by atoms with Crippen LogP contribution in [0.25, 0.3) is 0 Å². The molecule has 110 valence electrons. The van der Waals surface area contributed by atoms with E-state index in [-0.39, 0.29) is 17.2 Å². The molecule has 21 heavy (non-hydrogen) atoms. The topological polar surface area (TPSA) is 49.3 Å². The quantitative estimate of drug-likeness (QED) is 0.632. The van der Waals surface area contributed by atoms with Gasteiger partial charge in [0.1, 0.15) is 5.75 Å². The maximum absolute atomic E-state index is 11.9. The van der Waals surface area contributed by atoms with E-state index in [1.807, 2.05) is 24.3 Å². The second-order valence-corrected chi connectivity index (χ2v) is 6.26. The van der Waals surface area contributed by atoms with E-state index in [1.165, 1.54) is 18.2 Å². The molecule has 3 nitrogen and oxygen atoms in total. The van der Waals surface area contributed by atoms with Gasteiger partial charge in [0, 0.05) is 27.2 Å². The van der Waals surface area contributed by atoms with Gasteiger partial charge in [-0.05, 0) is 42.5 Å². The lowest BCUT2D eigenvalue weighted by atomic mass is 10.2. The van der Waals surface area contributed by atoms with E-state index in [0.717, 1.165) is 4.90 Å². The van der Waals surface area contributed by atoms with Crippen LogP contribution < -0.4 is 5.32 Å². The first-order valence-corrected chi connectivity index (χ1v) is 7.95. The molecule has 0 saturated carbocycles. The molecule has 0 bridgehead atoms. The van der Waals surface area contributed by atoms with Crippen LogP contribution >= 0.6 is 35.0 Å². The van der Waals surface area contributed by atoms with Gasteiger partial charge in [0.25, 0.3) is 5.91 Å². The minimum atomic E-state index is -0.341. The van der Waals surface area contributed by atoms with Gasteiger partial charge in [-0.3, -0.25) is 4.79 Å². The fourth-order valence-electron chi connectivity index (χ4n) is 1.65. The van der Waals surface area contributed by atoms with Crippen molar-refractivity contribution in [2.75, 3.05) is 12.3 Å². The Hall–Kier alpha value is -1.36. The molecule has 0 atom stereocenters. The molecule has 0 aliphatic rings. The first-order chi connectivity index (χ1) is 10.1. The Bertz CT molecular complexity index is 632. The van der Waals surface area contributed by atoms with Crippen LogP contribution in [0.2, 0.25) is 10.0 Å². The lowest BCUT2D eigenvalue weighted by Gasteiger charge is -2.07. The number of amides is 1. The highest BCUT2D eigenvalue weighted by Crippen LogP contribution is 2.22. The number of nitrogens with one attached hydrogen (secondary N) is 1. The van der Waals surface area contributed by atoms with Crippen LogP contribution in [-0.4, -0.2) is 23.3 Å². The lowest BCUT2D eigenvalue weighted by molar-refractivity contribution is 0.0953. The van der Waals surface area contributed by atoms with Crippen molar-refractivity contribution in [3.8, 4) is 5.75 Å². The van der Waals surface area contributed by atoms with Gasteiger partial charge in [-0.15, -0.1) is 11.8 Å². The molecular weight excluding hydrogens is 329 g/mol. The van der Waals surface area contributed by atoms with Crippen molar-refractivity contribution in [1.82, 2.24) is 5.32 Å². The molecule has 2 aromatic carbocycles. The number of aromatic hydroxyl groups is 1. The third-order valence-corrected chi connectivity index (χ3v) is 4.17. The van der Waals surface area contributed by atoms with Crippen LogP contribution in [0.1, 0.15) is 10.4 Å². The van der Waals surface area contributed by atoms with E-state index in [0.29, 0.717) is 22.3 Å². The summed E-state index contributed by atoms with van der Waals surface area (Å²) in [5.41, 5.74) is 0.180. The SMILES string of the molecule is O=C(NCCSc1ccc(Cl)cc1)c1cc(Cl)ccc1O. The summed E-state index contributed by atoms with van der Waals surface area (Å²) in [4.78, 5) is 13.0. The summed E-state index contributed by atoms with van der Waals surface area (Å²) in [6, 6.07) is 11.9. The first kappa shape index (κ1) is 16.0. The number of carbonyl (C=O) groups excluding carboxylic acids is 1. The summed E-state index contributed by atoms with van der Waals surface area (Å²) in [7, 11) is 0. The van der Waals surface area contributed by atoms with Crippen molar-refractivity contribution in [3.63, 3.8) is 0 Å². The molecule has 2 aromatic rings. The molecule has 0 aromatic heterocycles. The largest absolute Gasteiger partial charge is 0.507 e. The van der Waals surface area contributed by atoms with Crippen LogP contribution in [0.3, 0.4) is 0 Å². The molecule has 0 unspecified atom stereocenters. The predicted octanol–water partition coefficient (Wildman–Crippen LogP) is 4.22. The van der Waals surface area contributed by atoms with E-state index in [2.05, 4.69) is 5.32 Å². The number of rotatable bonds is 5. The zero-order chi connectivity index (χ0) is 15.2. The second kappa shape index (κ2) is 7.59. The van der Waals surface area contributed by atoms with Gasteiger partial charge in [-0.2, -0.15) is 0 Å². The normalized spacial score (nSPS) is 10.4. The summed E-state index contributed by atoms with van der Waals surface area (Å²) in [6.45, 7) is 0.484. The highest BCUT2D eigenvalue weighted by atomic mass is 35.5. The Morgan fingerprint density at radius 1 is 1.10 bits per heavy atom. The van der Waals surface area contributed by atoms with Crippen LogP contribution in [0.15, 0.2) is 47.4 Å². The fraction of sp³-hybridized carbons (Fsp3) is 0.133. The fourth-order valence-corrected chi connectivity index (χ4v) is 2.72. The molecule has 0 aliphatic heterocycles. The van der Waals surface area contributed by atoms with Crippen molar-refractivity contribution >= 4 is 40.9 Å². The highest BCUT2D eigenvalue weighted by molar-refractivity contribution is 7.99. The molecule has 2 N–H and O–H groups in total. The number of thioether (sulfide) groups is 1. The van der Waals surface area contributed by atoms with Crippen molar-refractivity contribution < 1.29 is 9.90 Å². The summed E-state index contributed by atoms with van der Waals surface area (Å²) in [5.74, 6) is 0.295. The molecule has 1 amide bonds. The predicted molar refractivity (Wildman–Crippen MR) is 87.6 cm³/mol. The number of phenols is 1. The van der Waals surface area contributed by atoms with Crippen LogP contribution in [0.4, 0.5) is 0 Å². The lowest BCUT2D eigenvalue weighted by Crippen LogP contribution is -2.25. The maximum Gasteiger partial charge on any atom is 0.255 e. The minimum absolute atomic E-state index is 0.0812. The van der Waals surface area contributed by atoms with Crippen LogP contribution in [0.5, 0.6) is 5.75 Å². The molecule has 2 rings (SSSR count). The minimum Gasteiger partial charge on any atom is -0.507 e. The number of hydrogen-bond donors (Lipinski definition) is 2. The van der Waals surface area contributed by atoms with Gasteiger partial charge in [0.05, 0.1) is 5.56 Å². The van der Waals surface area contributed by atoms with Gasteiger partial charge >= 0.3 is 0 Å². The third-order valence-electron chi connectivity index (χ3n) is 2.67. The summed E-state index contributed by atoms with van der Waals surface area (Å²) < 4.78 is 0. The third kappa shape index (κ3) is 4.84. The van der Waals surface area contributed by atoms with E-state index in [4.69, 9.17) is 23.2 Å². The molecule has 0 radical (unpaired) electrons. The molecular formula is C15H13Cl2NO2S. The van der Waals surface area contributed by atoms with E-state index in [1.54, 1.807) is 11.8 Å². The molecule has 0 fully saturated rings. The van der Waals surface area contributed by atoms with Crippen molar-refractivity contribution in [1.29, 1.82) is 0 Å². The molecule has 0 spiro atoms. The Balaban J connectivity index is 1.81. The Labute approximate surface area is 137 Å². The summed E-state index contributed by atoms with van der Waals surface area (Å²) in [6.07, 6.45) is 0. The zero-order valence-electron chi connectivity index (χ0n) is 11.0. The van der Waals surface area contributed by atoms with Crippen molar-refractivity contribution in [3.05, 3.63) is 58.1 Å². The van der Waals surface area contributed by atoms with Gasteiger partial charge in [-0.25, -0.2) is 0 Å². The number of carbonyl (C=O) groups is 1. The van der Waals surface area contributed by atoms with Gasteiger partial charge in [0.2, 0.25) is 0 Å². The first-order valence-electron chi connectivity index (χ1n) is 6.21. The Morgan fingerprint density at radius 3 is 2.48 bits per heavy atom. The standard InChI is InChI=1S/C15H13Cl2NO2S/c16-10-1-4-12(5-2-10)21-8-7-18-15(20)13-9-11(17)3-6-14(13)19/h1-6,9,19H,7-8H2,(H,18,20). The van der Waals surface area contributed by atoms with Gasteiger partial charge in [-0.1, -0.05) is 23.2 Å². The Kier molecular flexibility index (Phi) is 5.79. The van der Waals surface area contributed by atoms with Gasteiger partial charge < -0.3 is 10.4 Å². The monoisotopic (exact) mass is 341 g/mol. The molecule has 0 saturated heterocycles. The number of halogens is 2. The van der Waals surface area contributed by atoms with E-state index < -0.39 is 0 Å². The maximum atomic E-state index is 11.9. The number of phenolic OH excluding ortho intramolecular Hbond substituents is 1. The van der Waals surface area contributed by atoms with Crippen molar-refractivity contribution in [2.24, 2.45) is 0 Å². The molecule has 0 aliphatic carbocycles. The number of benzene rings is 2. The summed E-state index contributed by atoms with van der Waals surface area (Å²) >= 11 is 13.2. The average molecular weight is 342 g/mol.